The van der Waals surface area contributed by atoms with Gasteiger partial charge in [0.2, 0.25) is 0 Å². The van der Waals surface area contributed by atoms with Crippen molar-refractivity contribution >= 4 is 39.6 Å². The van der Waals surface area contributed by atoms with E-state index in [4.69, 9.17) is 11.3 Å². The molecule has 0 aliphatic heterocycles. The number of hydrogen-bond donors (Lipinski definition) is 0. The van der Waals surface area contributed by atoms with Crippen molar-refractivity contribution in [1.82, 2.24) is 9.97 Å². The zero-order chi connectivity index (χ0) is 36.1. The Hall–Kier alpha value is -3.19. The molecule has 45 heavy (non-hydrogen) atoms. The number of furan rings is 1. The first-order valence-electron chi connectivity index (χ1n) is 16.9. The zero-order valence-corrected chi connectivity index (χ0v) is 30.8. The summed E-state index contributed by atoms with van der Waals surface area (Å²) in [5.74, 6) is 4.45. The molecule has 0 amide bonds. The minimum absolute atomic E-state index is 0. The first-order valence-corrected chi connectivity index (χ1v) is 21.7. The number of fused-ring (bicyclic) bond motifs is 3. The van der Waals surface area contributed by atoms with Crippen LogP contribution in [0.3, 0.4) is 0 Å². The van der Waals surface area contributed by atoms with Gasteiger partial charge < -0.3 is 9.40 Å². The van der Waals surface area contributed by atoms with Crippen LogP contribution >= 0.6 is 0 Å². The van der Waals surface area contributed by atoms with Crippen molar-refractivity contribution < 1.29 is 40.2 Å². The third-order valence-electron chi connectivity index (χ3n) is 7.39. The molecule has 0 atom stereocenters. The Morgan fingerprint density at radius 3 is 2.31 bits per heavy atom. The van der Waals surface area contributed by atoms with Crippen LogP contribution in [0.5, 0.6) is 0 Å². The summed E-state index contributed by atoms with van der Waals surface area (Å²) in [6.45, 7) is 5.22. The summed E-state index contributed by atoms with van der Waals surface area (Å²) in [4.78, 5) is 8.89. The molecule has 3 aromatic heterocycles. The standard InChI is InChI=1S/C20H14F2NO.C18H24GeN.Ir/c1-11(2)12-7-8-23-17(9-12)14-5-6-16(22)19-15-4-3-13(21)10-18(15)24-20(14)19;1-13(2)16-11-18(15-9-7-14(3)8-10-15)20-12-17(16)19(4,5)6;/h3-4,6-11H,1-2H3;7-9,11-13H,1-6H3;/q2*-1;/i11D;3D3,13D;. The van der Waals surface area contributed by atoms with Crippen LogP contribution in [0.15, 0.2) is 77.5 Å². The van der Waals surface area contributed by atoms with E-state index in [2.05, 4.69) is 39.4 Å². The SMILES string of the molecule is [2H]C(C)(C)c1ccnc(-c2[c-]cc(F)c3c2oc2cc(F)ccc23)c1.[2H]C([2H])([2H])c1c[c-]c(-c2cc(C([2H])(C)C)[c]([Ge]([CH3])([CH3])[CH3])cn2)cc1.[Ir]. The fraction of sp³-hybridized carbons (Fsp3) is 0.263. The largest absolute Gasteiger partial charge is 0 e. The molecule has 3 aromatic carbocycles. The molecule has 0 aliphatic carbocycles. The molecule has 3 heterocycles. The Labute approximate surface area is 288 Å². The predicted octanol–water partition coefficient (Wildman–Crippen LogP) is 10.4. The molecule has 0 bridgehead atoms. The third-order valence-corrected chi connectivity index (χ3v) is 11.6. The van der Waals surface area contributed by atoms with Crippen molar-refractivity contribution in [3.63, 3.8) is 0 Å². The number of hydrogen-bond acceptors (Lipinski definition) is 3. The van der Waals surface area contributed by atoms with Crippen LogP contribution in [0.4, 0.5) is 8.78 Å². The number of rotatable bonds is 5. The van der Waals surface area contributed by atoms with E-state index in [9.17, 15) is 8.78 Å². The predicted molar refractivity (Wildman–Crippen MR) is 180 cm³/mol. The molecular formula is C38H38F2GeIrN2O-2. The molecule has 6 rings (SSSR count). The van der Waals surface area contributed by atoms with Gasteiger partial charge in [0, 0.05) is 44.9 Å². The summed E-state index contributed by atoms with van der Waals surface area (Å²) in [6, 6.07) is 21.5. The van der Waals surface area contributed by atoms with E-state index in [1.807, 2.05) is 26.1 Å². The maximum atomic E-state index is 14.4. The first kappa shape index (κ1) is 28.1. The van der Waals surface area contributed by atoms with Gasteiger partial charge in [0.15, 0.2) is 0 Å². The van der Waals surface area contributed by atoms with Crippen LogP contribution in [0.1, 0.15) is 63.0 Å². The van der Waals surface area contributed by atoms with Crippen molar-refractivity contribution in [3.05, 3.63) is 114 Å². The average molecular weight is 847 g/mol. The zero-order valence-electron chi connectivity index (χ0n) is 31.3. The Balaban J connectivity index is 0.000000221. The van der Waals surface area contributed by atoms with Gasteiger partial charge in [-0.2, -0.15) is 0 Å². The molecule has 0 spiro atoms. The van der Waals surface area contributed by atoms with Crippen LogP contribution in [-0.4, -0.2) is 23.2 Å². The second-order valence-electron chi connectivity index (χ2n) is 12.2. The van der Waals surface area contributed by atoms with Crippen molar-refractivity contribution in [3.8, 4) is 22.5 Å². The molecule has 0 N–H and O–H groups in total. The van der Waals surface area contributed by atoms with Gasteiger partial charge in [-0.05, 0) is 35.2 Å². The van der Waals surface area contributed by atoms with E-state index in [1.54, 1.807) is 44.3 Å². The number of pyridine rings is 2. The van der Waals surface area contributed by atoms with Crippen molar-refractivity contribution in [2.75, 3.05) is 0 Å². The monoisotopic (exact) mass is 848 g/mol. The van der Waals surface area contributed by atoms with Crippen molar-refractivity contribution in [2.24, 2.45) is 0 Å². The minimum Gasteiger partial charge on any atom is 0 e. The van der Waals surface area contributed by atoms with Gasteiger partial charge in [-0.15, -0.1) is 12.1 Å². The van der Waals surface area contributed by atoms with Crippen LogP contribution in [0.25, 0.3) is 44.5 Å². The van der Waals surface area contributed by atoms with Gasteiger partial charge in [-0.25, -0.2) is 4.39 Å². The number of aryl methyl sites for hydroxylation is 1. The van der Waals surface area contributed by atoms with Gasteiger partial charge in [0.1, 0.15) is 11.4 Å². The molecular weight excluding hydrogens is 803 g/mol. The van der Waals surface area contributed by atoms with E-state index in [1.165, 1.54) is 34.7 Å². The summed E-state index contributed by atoms with van der Waals surface area (Å²) in [5.41, 5.74) is 5.09. The maximum absolute atomic E-state index is 14.4. The molecule has 6 aromatic rings. The van der Waals surface area contributed by atoms with Gasteiger partial charge in [-0.1, -0.05) is 31.0 Å². The number of nitrogens with zero attached hydrogens (tertiary/aromatic N) is 2. The van der Waals surface area contributed by atoms with Crippen LogP contribution in [0, 0.1) is 30.6 Å². The molecule has 7 heteroatoms. The topological polar surface area (TPSA) is 38.9 Å². The Morgan fingerprint density at radius 1 is 0.889 bits per heavy atom. The van der Waals surface area contributed by atoms with Gasteiger partial charge in [-0.3, -0.25) is 4.39 Å². The van der Waals surface area contributed by atoms with E-state index in [0.717, 1.165) is 22.4 Å². The van der Waals surface area contributed by atoms with Crippen molar-refractivity contribution in [2.45, 2.75) is 63.6 Å². The number of benzene rings is 3. The Bertz CT molecular complexity index is 2150. The summed E-state index contributed by atoms with van der Waals surface area (Å²) in [7, 11) is 0. The molecule has 0 saturated carbocycles. The first-order chi connectivity index (χ1) is 22.6. The minimum atomic E-state index is -2.14. The fourth-order valence-corrected chi connectivity index (χ4v) is 8.34. The van der Waals surface area contributed by atoms with Crippen molar-refractivity contribution in [1.29, 1.82) is 0 Å². The quantitative estimate of drug-likeness (QED) is 0.128. The van der Waals surface area contributed by atoms with Gasteiger partial charge >= 0.3 is 131 Å². The second kappa shape index (κ2) is 14.1. The van der Waals surface area contributed by atoms with Gasteiger partial charge in [0.25, 0.3) is 0 Å². The normalized spacial score (nSPS) is 13.9. The molecule has 0 fully saturated rings. The molecule has 3 nitrogen and oxygen atoms in total. The van der Waals surface area contributed by atoms with Crippen LogP contribution in [0.2, 0.25) is 17.3 Å². The molecule has 0 aliphatic rings. The van der Waals surface area contributed by atoms with Crippen LogP contribution in [-0.2, 0) is 20.1 Å². The Kier molecular flexibility index (Phi) is 8.77. The molecule has 235 valence electrons. The van der Waals surface area contributed by atoms with E-state index in [-0.39, 0.29) is 42.2 Å². The molecule has 0 unspecified atom stereocenters. The van der Waals surface area contributed by atoms with E-state index in [0.29, 0.717) is 16.6 Å². The second-order valence-corrected chi connectivity index (χ2v) is 22.8. The summed E-state index contributed by atoms with van der Waals surface area (Å²) in [6.07, 6.45) is 3.51. The average Bonchev–Trinajstić information content (AvgIpc) is 3.39. The maximum Gasteiger partial charge on any atom is 0 e. The van der Waals surface area contributed by atoms with Crippen LogP contribution < -0.4 is 4.40 Å². The van der Waals surface area contributed by atoms with E-state index < -0.39 is 43.5 Å². The summed E-state index contributed by atoms with van der Waals surface area (Å²) < 4.78 is 73.8. The summed E-state index contributed by atoms with van der Waals surface area (Å²) in [5, 5.41) is 0.780. The number of halogens is 2. The summed E-state index contributed by atoms with van der Waals surface area (Å²) >= 11 is -2.14. The smallest absolute Gasteiger partial charge is 0 e. The number of aromatic nitrogens is 2. The molecule has 1 radical (unpaired) electrons. The fourth-order valence-electron chi connectivity index (χ4n) is 5.02. The molecule has 0 saturated heterocycles. The van der Waals surface area contributed by atoms with Gasteiger partial charge in [0.05, 0.1) is 5.58 Å². The van der Waals surface area contributed by atoms with E-state index >= 15 is 0 Å². The Morgan fingerprint density at radius 2 is 1.67 bits per heavy atom. The third kappa shape index (κ3) is 7.62.